The molecule has 0 aliphatic carbocycles. The predicted octanol–water partition coefficient (Wildman–Crippen LogP) is 1.53. The van der Waals surface area contributed by atoms with E-state index in [2.05, 4.69) is 27.8 Å². The van der Waals surface area contributed by atoms with Gasteiger partial charge in [0.25, 0.3) is 0 Å². The van der Waals surface area contributed by atoms with Gasteiger partial charge in [-0.15, -0.1) is 11.3 Å². The molecule has 0 saturated carbocycles. The highest BCUT2D eigenvalue weighted by atomic mass is 32.1. The summed E-state index contributed by atoms with van der Waals surface area (Å²) in [6.07, 6.45) is 1.86. The molecule has 0 radical (unpaired) electrons. The summed E-state index contributed by atoms with van der Waals surface area (Å²) < 4.78 is 0. The Hall–Kier alpha value is -0.970. The fourth-order valence-corrected chi connectivity index (χ4v) is 3.00. The number of nitrogens with zero attached hydrogens (tertiary/aromatic N) is 1. The predicted molar refractivity (Wildman–Crippen MR) is 63.2 cm³/mol. The summed E-state index contributed by atoms with van der Waals surface area (Å²) in [5, 5.41) is 8.17. The van der Waals surface area contributed by atoms with E-state index in [9.17, 15) is 0 Å². The molecule has 0 spiro atoms. The minimum Gasteiger partial charge on any atom is -0.314 e. The molecule has 1 unspecified atom stereocenters. The minimum atomic E-state index is 0.456. The molecule has 1 saturated heterocycles. The molecule has 78 valence electrons. The molecule has 0 aromatic carbocycles. The molecule has 3 rings (SSSR count). The molecule has 3 heterocycles. The highest BCUT2D eigenvalue weighted by Gasteiger charge is 2.16. The number of hydrogen-bond donors (Lipinski definition) is 2. The molecule has 1 aliphatic rings. The number of hydrogen-bond acceptors (Lipinski definition) is 4. The van der Waals surface area contributed by atoms with Crippen LogP contribution in [0, 0.1) is 0 Å². The molecule has 0 bridgehead atoms. The van der Waals surface area contributed by atoms with Gasteiger partial charge in [0.1, 0.15) is 4.83 Å². The number of thiophene rings is 1. The average molecular weight is 219 g/mol. The zero-order valence-electron chi connectivity index (χ0n) is 8.36. The van der Waals surface area contributed by atoms with Crippen LogP contribution in [-0.4, -0.2) is 24.6 Å². The van der Waals surface area contributed by atoms with E-state index < -0.39 is 0 Å². The molecule has 1 atom stereocenters. The van der Waals surface area contributed by atoms with Crippen LogP contribution in [-0.2, 0) is 0 Å². The van der Waals surface area contributed by atoms with E-state index in [4.69, 9.17) is 0 Å². The molecule has 1 fully saturated rings. The van der Waals surface area contributed by atoms with Gasteiger partial charge in [-0.1, -0.05) is 6.07 Å². The number of rotatable bonds is 1. The number of piperazine rings is 1. The molecule has 2 aromatic rings. The zero-order chi connectivity index (χ0) is 10.1. The van der Waals surface area contributed by atoms with Crippen molar-refractivity contribution in [1.29, 1.82) is 0 Å². The average Bonchev–Trinajstić information content (AvgIpc) is 2.74. The number of pyridine rings is 1. The Morgan fingerprint density at radius 1 is 1.40 bits per heavy atom. The molecule has 2 aromatic heterocycles. The van der Waals surface area contributed by atoms with Crippen LogP contribution in [0.5, 0.6) is 0 Å². The maximum Gasteiger partial charge on any atom is 0.123 e. The maximum atomic E-state index is 4.37. The van der Waals surface area contributed by atoms with Crippen molar-refractivity contribution >= 4 is 21.6 Å². The summed E-state index contributed by atoms with van der Waals surface area (Å²) >= 11 is 1.79. The number of fused-ring (bicyclic) bond motifs is 1. The second-order valence-corrected chi connectivity index (χ2v) is 4.82. The summed E-state index contributed by atoms with van der Waals surface area (Å²) in [4.78, 5) is 6.89. The van der Waals surface area contributed by atoms with Crippen molar-refractivity contribution in [3.05, 3.63) is 29.3 Å². The van der Waals surface area contributed by atoms with Crippen molar-refractivity contribution < 1.29 is 0 Å². The van der Waals surface area contributed by atoms with E-state index in [-0.39, 0.29) is 0 Å². The largest absolute Gasteiger partial charge is 0.314 e. The maximum absolute atomic E-state index is 4.37. The molecular formula is C11H13N3S. The SMILES string of the molecule is c1cnc2sc(C3CNCCN3)cc2c1. The summed E-state index contributed by atoms with van der Waals surface area (Å²) in [6, 6.07) is 6.82. The van der Waals surface area contributed by atoms with Gasteiger partial charge in [0, 0.05) is 36.1 Å². The van der Waals surface area contributed by atoms with Gasteiger partial charge in [-0.05, 0) is 12.1 Å². The Labute approximate surface area is 92.5 Å². The summed E-state index contributed by atoms with van der Waals surface area (Å²) in [6.45, 7) is 3.14. The van der Waals surface area contributed by atoms with E-state index in [0.717, 1.165) is 24.5 Å². The lowest BCUT2D eigenvalue weighted by atomic mass is 10.2. The van der Waals surface area contributed by atoms with Crippen LogP contribution in [0.2, 0.25) is 0 Å². The first-order chi connectivity index (χ1) is 7.43. The van der Waals surface area contributed by atoms with E-state index in [1.54, 1.807) is 11.3 Å². The van der Waals surface area contributed by atoms with Gasteiger partial charge in [-0.2, -0.15) is 0 Å². The molecule has 1 aliphatic heterocycles. The molecule has 15 heavy (non-hydrogen) atoms. The van der Waals surface area contributed by atoms with Crippen molar-refractivity contribution in [2.75, 3.05) is 19.6 Å². The number of nitrogens with one attached hydrogen (secondary N) is 2. The van der Waals surface area contributed by atoms with Crippen LogP contribution in [0.3, 0.4) is 0 Å². The van der Waals surface area contributed by atoms with E-state index in [1.165, 1.54) is 10.3 Å². The first-order valence-electron chi connectivity index (χ1n) is 5.22. The van der Waals surface area contributed by atoms with Crippen LogP contribution in [0.4, 0.5) is 0 Å². The monoisotopic (exact) mass is 219 g/mol. The van der Waals surface area contributed by atoms with E-state index in [1.807, 2.05) is 12.3 Å². The Morgan fingerprint density at radius 3 is 3.20 bits per heavy atom. The minimum absolute atomic E-state index is 0.456. The van der Waals surface area contributed by atoms with Crippen molar-refractivity contribution in [1.82, 2.24) is 15.6 Å². The van der Waals surface area contributed by atoms with Crippen LogP contribution in [0.25, 0.3) is 10.2 Å². The van der Waals surface area contributed by atoms with Gasteiger partial charge in [-0.3, -0.25) is 0 Å². The topological polar surface area (TPSA) is 37.0 Å². The van der Waals surface area contributed by atoms with Crippen LogP contribution in [0.1, 0.15) is 10.9 Å². The van der Waals surface area contributed by atoms with Crippen LogP contribution >= 0.6 is 11.3 Å². The van der Waals surface area contributed by atoms with Gasteiger partial charge in [0.2, 0.25) is 0 Å². The van der Waals surface area contributed by atoms with Gasteiger partial charge in [0.15, 0.2) is 0 Å². The second kappa shape index (κ2) is 3.89. The smallest absolute Gasteiger partial charge is 0.123 e. The first-order valence-corrected chi connectivity index (χ1v) is 6.04. The number of aromatic nitrogens is 1. The normalized spacial score (nSPS) is 22.0. The highest BCUT2D eigenvalue weighted by Crippen LogP contribution is 2.28. The molecule has 4 heteroatoms. The molecular weight excluding hydrogens is 206 g/mol. The zero-order valence-corrected chi connectivity index (χ0v) is 9.18. The Bertz CT molecular complexity index is 427. The van der Waals surface area contributed by atoms with Gasteiger partial charge in [-0.25, -0.2) is 4.98 Å². The van der Waals surface area contributed by atoms with Crippen molar-refractivity contribution in [3.63, 3.8) is 0 Å². The summed E-state index contributed by atoms with van der Waals surface area (Å²) in [5.74, 6) is 0. The lowest BCUT2D eigenvalue weighted by Crippen LogP contribution is -2.42. The lowest BCUT2D eigenvalue weighted by Gasteiger charge is -2.23. The third-order valence-electron chi connectivity index (χ3n) is 2.70. The fraction of sp³-hybridized carbons (Fsp3) is 0.364. The van der Waals surface area contributed by atoms with Gasteiger partial charge in [0.05, 0.1) is 6.04 Å². The first kappa shape index (κ1) is 9.27. The van der Waals surface area contributed by atoms with Crippen molar-refractivity contribution in [3.8, 4) is 0 Å². The second-order valence-electron chi connectivity index (χ2n) is 3.76. The van der Waals surface area contributed by atoms with Crippen molar-refractivity contribution in [2.45, 2.75) is 6.04 Å². The van der Waals surface area contributed by atoms with Crippen LogP contribution in [0.15, 0.2) is 24.4 Å². The highest BCUT2D eigenvalue weighted by molar-refractivity contribution is 7.18. The third-order valence-corrected chi connectivity index (χ3v) is 3.87. The fourth-order valence-electron chi connectivity index (χ4n) is 1.92. The Balaban J connectivity index is 1.96. The van der Waals surface area contributed by atoms with E-state index >= 15 is 0 Å². The van der Waals surface area contributed by atoms with Crippen LogP contribution < -0.4 is 10.6 Å². The summed E-state index contributed by atoms with van der Waals surface area (Å²) in [5.41, 5.74) is 0. The van der Waals surface area contributed by atoms with Gasteiger partial charge >= 0.3 is 0 Å². The molecule has 0 amide bonds. The molecule has 2 N–H and O–H groups in total. The lowest BCUT2D eigenvalue weighted by molar-refractivity contribution is 0.435. The Morgan fingerprint density at radius 2 is 2.40 bits per heavy atom. The Kier molecular flexibility index (Phi) is 2.40. The quantitative estimate of drug-likeness (QED) is 0.763. The standard InChI is InChI=1S/C11H13N3S/c1-2-8-6-10(15-11(8)14-3-1)9-7-12-4-5-13-9/h1-3,6,9,12-13H,4-5,7H2. The summed E-state index contributed by atoms with van der Waals surface area (Å²) in [7, 11) is 0. The van der Waals surface area contributed by atoms with E-state index in [0.29, 0.717) is 6.04 Å². The molecule has 3 nitrogen and oxygen atoms in total. The third kappa shape index (κ3) is 1.76. The van der Waals surface area contributed by atoms with Gasteiger partial charge < -0.3 is 10.6 Å². The van der Waals surface area contributed by atoms with Crippen molar-refractivity contribution in [2.24, 2.45) is 0 Å².